The normalized spacial score (nSPS) is 21.2. The molecule has 0 amide bonds. The number of hydrogen-bond donors (Lipinski definition) is 5. The highest BCUT2D eigenvalue weighted by molar-refractivity contribution is 5.43. The summed E-state index contributed by atoms with van der Waals surface area (Å²) >= 11 is 0. The van der Waals surface area contributed by atoms with Gasteiger partial charge in [0.1, 0.15) is 17.8 Å². The maximum absolute atomic E-state index is 6.01. The van der Waals surface area contributed by atoms with E-state index in [0.29, 0.717) is 11.5 Å². The van der Waals surface area contributed by atoms with Gasteiger partial charge in [0, 0.05) is 11.8 Å². The van der Waals surface area contributed by atoms with Crippen molar-refractivity contribution in [2.75, 3.05) is 7.11 Å². The molecule has 9 nitrogen and oxygen atoms in total. The molecule has 1 aliphatic rings. The maximum atomic E-state index is 6.01. The molecule has 23 heavy (non-hydrogen) atoms. The van der Waals surface area contributed by atoms with E-state index in [9.17, 15) is 0 Å². The van der Waals surface area contributed by atoms with E-state index in [1.165, 1.54) is 0 Å². The molecule has 2 unspecified atom stereocenters. The SMILES string of the molecule is COc1ccc(OC2=CNC(NN)NC2N=NN)c(C(C)C)c1. The minimum atomic E-state index is -0.551. The van der Waals surface area contributed by atoms with Gasteiger partial charge in [-0.15, -0.1) is 5.11 Å². The topological polar surface area (TPSA) is 131 Å². The Morgan fingerprint density at radius 3 is 2.74 bits per heavy atom. The predicted molar refractivity (Wildman–Crippen MR) is 86.0 cm³/mol. The van der Waals surface area contributed by atoms with Crippen molar-refractivity contribution in [3.63, 3.8) is 0 Å². The summed E-state index contributed by atoms with van der Waals surface area (Å²) in [6.07, 6.45) is 0.761. The van der Waals surface area contributed by atoms with Crippen LogP contribution in [-0.2, 0) is 0 Å². The zero-order valence-corrected chi connectivity index (χ0v) is 13.4. The van der Waals surface area contributed by atoms with Crippen molar-refractivity contribution in [1.82, 2.24) is 16.1 Å². The van der Waals surface area contributed by atoms with E-state index < -0.39 is 6.17 Å². The van der Waals surface area contributed by atoms with Crippen molar-refractivity contribution in [1.29, 1.82) is 0 Å². The first-order valence-corrected chi connectivity index (χ1v) is 7.23. The Kier molecular flexibility index (Phi) is 5.74. The summed E-state index contributed by atoms with van der Waals surface area (Å²) in [5.74, 6) is 12.8. The van der Waals surface area contributed by atoms with E-state index in [-0.39, 0.29) is 12.2 Å². The molecule has 126 valence electrons. The number of nitrogens with zero attached hydrogens (tertiary/aromatic N) is 2. The molecule has 0 spiro atoms. The van der Waals surface area contributed by atoms with Gasteiger partial charge in [-0.1, -0.05) is 19.1 Å². The average Bonchev–Trinajstić information content (AvgIpc) is 2.56. The fourth-order valence-electron chi connectivity index (χ4n) is 2.20. The van der Waals surface area contributed by atoms with E-state index in [4.69, 9.17) is 21.2 Å². The summed E-state index contributed by atoms with van der Waals surface area (Å²) in [5.41, 5.74) is 3.56. The molecule has 7 N–H and O–H groups in total. The summed E-state index contributed by atoms with van der Waals surface area (Å²) in [6, 6.07) is 5.65. The van der Waals surface area contributed by atoms with Gasteiger partial charge in [-0.3, -0.25) is 11.2 Å². The Labute approximate surface area is 135 Å². The third kappa shape index (κ3) is 4.09. The van der Waals surface area contributed by atoms with Gasteiger partial charge in [-0.2, -0.15) is 0 Å². The van der Waals surface area contributed by atoms with Crippen molar-refractivity contribution in [2.45, 2.75) is 32.2 Å². The number of methoxy groups -OCH3 is 1. The maximum Gasteiger partial charge on any atom is 0.185 e. The summed E-state index contributed by atoms with van der Waals surface area (Å²) < 4.78 is 11.3. The Morgan fingerprint density at radius 2 is 2.13 bits per heavy atom. The van der Waals surface area contributed by atoms with Crippen molar-refractivity contribution in [3.8, 4) is 11.5 Å². The lowest BCUT2D eigenvalue weighted by atomic mass is 10.0. The first-order valence-electron chi connectivity index (χ1n) is 7.23. The highest BCUT2D eigenvalue weighted by atomic mass is 16.5. The zero-order valence-electron chi connectivity index (χ0n) is 13.4. The van der Waals surface area contributed by atoms with Crippen LogP contribution in [-0.4, -0.2) is 19.6 Å². The molecule has 0 saturated carbocycles. The molecule has 0 aromatic heterocycles. The smallest absolute Gasteiger partial charge is 0.185 e. The second kappa shape index (κ2) is 7.77. The lowest BCUT2D eigenvalue weighted by molar-refractivity contribution is 0.268. The summed E-state index contributed by atoms with van der Waals surface area (Å²) in [5, 5.41) is 13.3. The Hall–Kier alpha value is -2.36. The van der Waals surface area contributed by atoms with Crippen molar-refractivity contribution in [2.24, 2.45) is 22.0 Å². The van der Waals surface area contributed by atoms with E-state index in [0.717, 1.165) is 11.3 Å². The Morgan fingerprint density at radius 1 is 1.35 bits per heavy atom. The zero-order chi connectivity index (χ0) is 16.8. The van der Waals surface area contributed by atoms with Gasteiger partial charge >= 0.3 is 0 Å². The number of hydrogen-bond acceptors (Lipinski definition) is 8. The minimum absolute atomic E-state index is 0.262. The molecule has 9 heteroatoms. The molecule has 0 bridgehead atoms. The van der Waals surface area contributed by atoms with E-state index in [1.54, 1.807) is 13.3 Å². The van der Waals surface area contributed by atoms with Gasteiger partial charge in [0.15, 0.2) is 11.9 Å². The lowest BCUT2D eigenvalue weighted by Gasteiger charge is -2.29. The predicted octanol–water partition coefficient (Wildman–Crippen LogP) is 0.631. The van der Waals surface area contributed by atoms with Crippen molar-refractivity contribution >= 4 is 0 Å². The van der Waals surface area contributed by atoms with Crippen LogP contribution in [0.25, 0.3) is 0 Å². The van der Waals surface area contributed by atoms with Crippen LogP contribution < -0.4 is 37.2 Å². The molecular formula is C14H23N7O2. The molecular weight excluding hydrogens is 298 g/mol. The van der Waals surface area contributed by atoms with Gasteiger partial charge in [0.2, 0.25) is 0 Å². The molecule has 0 fully saturated rings. The molecule has 0 saturated heterocycles. The van der Waals surface area contributed by atoms with Crippen molar-refractivity contribution < 1.29 is 9.47 Å². The molecule has 0 aliphatic carbocycles. The van der Waals surface area contributed by atoms with Crippen LogP contribution in [0, 0.1) is 0 Å². The molecule has 0 radical (unpaired) electrons. The van der Waals surface area contributed by atoms with Crippen LogP contribution >= 0.6 is 0 Å². The summed E-state index contributed by atoms with van der Waals surface area (Å²) in [6.45, 7) is 4.16. The number of hydrazine groups is 1. The Balaban J connectivity index is 2.27. The molecule has 1 heterocycles. The summed E-state index contributed by atoms with van der Waals surface area (Å²) in [7, 11) is 1.63. The third-order valence-electron chi connectivity index (χ3n) is 3.40. The van der Waals surface area contributed by atoms with Gasteiger partial charge < -0.3 is 20.6 Å². The average molecular weight is 321 g/mol. The van der Waals surface area contributed by atoms with Crippen LogP contribution in [0.4, 0.5) is 0 Å². The monoisotopic (exact) mass is 321 g/mol. The van der Waals surface area contributed by atoms with E-state index >= 15 is 0 Å². The second-order valence-corrected chi connectivity index (χ2v) is 5.27. The van der Waals surface area contributed by atoms with Crippen LogP contribution in [0.15, 0.2) is 40.5 Å². The van der Waals surface area contributed by atoms with Gasteiger partial charge in [-0.05, 0) is 24.1 Å². The number of rotatable bonds is 6. The van der Waals surface area contributed by atoms with Gasteiger partial charge in [0.25, 0.3) is 0 Å². The van der Waals surface area contributed by atoms with Gasteiger partial charge in [0.05, 0.1) is 7.11 Å². The number of ether oxygens (including phenoxy) is 2. The fourth-order valence-corrected chi connectivity index (χ4v) is 2.20. The number of nitrogens with two attached hydrogens (primary N) is 2. The standard InChI is InChI=1S/C14H23N7O2/c1-8(2)10-6-9(22-3)4-5-11(10)23-12-7-17-14(19-15)18-13(12)20-21-16/h4-8,13-14,17-19H,15H2,1-3H3,(H2,16,20). The van der Waals surface area contributed by atoms with Crippen LogP contribution in [0.1, 0.15) is 25.3 Å². The Bertz CT molecular complexity index is 588. The van der Waals surface area contributed by atoms with Crippen LogP contribution in [0.3, 0.4) is 0 Å². The van der Waals surface area contributed by atoms with Gasteiger partial charge in [-0.25, -0.2) is 5.43 Å². The fraction of sp³-hybridized carbons (Fsp3) is 0.429. The molecule has 2 rings (SSSR count). The van der Waals surface area contributed by atoms with E-state index in [1.807, 2.05) is 18.2 Å². The van der Waals surface area contributed by atoms with E-state index in [2.05, 4.69) is 40.2 Å². The second-order valence-electron chi connectivity index (χ2n) is 5.27. The van der Waals surface area contributed by atoms with Crippen molar-refractivity contribution in [3.05, 3.63) is 35.7 Å². The highest BCUT2D eigenvalue weighted by Gasteiger charge is 2.25. The number of nitrogens with one attached hydrogen (secondary N) is 3. The molecule has 1 aromatic carbocycles. The number of benzene rings is 1. The van der Waals surface area contributed by atoms with Crippen LogP contribution in [0.2, 0.25) is 0 Å². The first kappa shape index (κ1) is 17.0. The molecule has 1 aromatic rings. The quantitative estimate of drug-likeness (QED) is 0.295. The third-order valence-corrected chi connectivity index (χ3v) is 3.40. The first-order chi connectivity index (χ1) is 11.1. The van der Waals surface area contributed by atoms with Crippen LogP contribution in [0.5, 0.6) is 11.5 Å². The lowest BCUT2D eigenvalue weighted by Crippen LogP contribution is -2.60. The highest BCUT2D eigenvalue weighted by Crippen LogP contribution is 2.32. The molecule has 1 aliphatic heterocycles. The summed E-state index contributed by atoms with van der Waals surface area (Å²) in [4.78, 5) is 0. The largest absolute Gasteiger partial charge is 0.497 e. The minimum Gasteiger partial charge on any atom is -0.497 e. The molecule has 2 atom stereocenters.